The summed E-state index contributed by atoms with van der Waals surface area (Å²) in [4.78, 5) is 0. The van der Waals surface area contributed by atoms with E-state index in [0.29, 0.717) is 6.04 Å². The van der Waals surface area contributed by atoms with Crippen molar-refractivity contribution in [2.24, 2.45) is 0 Å². The first-order chi connectivity index (χ1) is 7.29. The molecule has 15 heavy (non-hydrogen) atoms. The maximum absolute atomic E-state index is 5.37. The molecule has 0 aromatic heterocycles. The summed E-state index contributed by atoms with van der Waals surface area (Å²) in [5.74, 6) is 3.43. The van der Waals surface area contributed by atoms with E-state index >= 15 is 0 Å². The molecule has 0 aliphatic carbocycles. The first-order valence-corrected chi connectivity index (χ1v) is 6.44. The van der Waals surface area contributed by atoms with Crippen LogP contribution in [0, 0.1) is 6.92 Å². The molecule has 1 N–H and O–H groups in total. The predicted octanol–water partition coefficient (Wildman–Crippen LogP) is 2.92. The van der Waals surface area contributed by atoms with E-state index in [1.807, 2.05) is 11.8 Å². The van der Waals surface area contributed by atoms with Gasteiger partial charge in [-0.3, -0.25) is 0 Å². The Labute approximate surface area is 95.4 Å². The molecular formula is C12H17NOS. The first kappa shape index (κ1) is 10.7. The highest BCUT2D eigenvalue weighted by Crippen LogP contribution is 2.28. The molecule has 0 radical (unpaired) electrons. The van der Waals surface area contributed by atoms with Crippen LogP contribution in [0.4, 0.5) is 5.69 Å². The molecule has 1 atom stereocenters. The van der Waals surface area contributed by atoms with E-state index in [9.17, 15) is 0 Å². The summed E-state index contributed by atoms with van der Waals surface area (Å²) in [7, 11) is 1.73. The Morgan fingerprint density at radius 2 is 2.33 bits per heavy atom. The van der Waals surface area contributed by atoms with Gasteiger partial charge in [0.2, 0.25) is 0 Å². The summed E-state index contributed by atoms with van der Waals surface area (Å²) in [6.07, 6.45) is 1.25. The monoisotopic (exact) mass is 223 g/mol. The van der Waals surface area contributed by atoms with E-state index in [2.05, 4.69) is 30.4 Å². The Hall–Kier alpha value is -0.830. The van der Waals surface area contributed by atoms with Gasteiger partial charge in [0.15, 0.2) is 0 Å². The van der Waals surface area contributed by atoms with Crippen molar-refractivity contribution in [2.45, 2.75) is 19.4 Å². The number of methoxy groups -OCH3 is 1. The number of aryl methyl sites for hydroxylation is 1. The van der Waals surface area contributed by atoms with Crippen molar-refractivity contribution in [1.29, 1.82) is 0 Å². The van der Waals surface area contributed by atoms with Crippen LogP contribution in [0.5, 0.6) is 5.75 Å². The van der Waals surface area contributed by atoms with E-state index < -0.39 is 0 Å². The Balaban J connectivity index is 2.12. The number of thioether (sulfide) groups is 1. The molecule has 1 aromatic rings. The van der Waals surface area contributed by atoms with E-state index in [1.165, 1.54) is 23.5 Å². The number of ether oxygens (including phenoxy) is 1. The number of hydrogen-bond acceptors (Lipinski definition) is 3. The summed E-state index contributed by atoms with van der Waals surface area (Å²) in [5.41, 5.74) is 2.36. The zero-order valence-electron chi connectivity index (χ0n) is 9.25. The van der Waals surface area contributed by atoms with Crippen molar-refractivity contribution in [3.63, 3.8) is 0 Å². The zero-order valence-corrected chi connectivity index (χ0v) is 10.1. The second-order valence-electron chi connectivity index (χ2n) is 3.91. The average Bonchev–Trinajstić information content (AvgIpc) is 2.73. The summed E-state index contributed by atoms with van der Waals surface area (Å²) in [6.45, 7) is 2.08. The lowest BCUT2D eigenvalue weighted by atomic mass is 10.2. The van der Waals surface area contributed by atoms with Crippen LogP contribution in [0.25, 0.3) is 0 Å². The lowest BCUT2D eigenvalue weighted by molar-refractivity contribution is 0.415. The Kier molecular flexibility index (Phi) is 3.41. The minimum absolute atomic E-state index is 0.603. The highest BCUT2D eigenvalue weighted by atomic mass is 32.2. The van der Waals surface area contributed by atoms with Crippen LogP contribution < -0.4 is 10.1 Å². The molecule has 1 heterocycles. The third-order valence-electron chi connectivity index (χ3n) is 2.65. The Morgan fingerprint density at radius 3 is 3.00 bits per heavy atom. The Bertz CT molecular complexity index is 334. The highest BCUT2D eigenvalue weighted by Gasteiger charge is 2.16. The van der Waals surface area contributed by atoms with Gasteiger partial charge in [-0.05, 0) is 36.8 Å². The largest absolute Gasteiger partial charge is 0.495 e. The quantitative estimate of drug-likeness (QED) is 0.851. The molecule has 2 nitrogen and oxygen atoms in total. The highest BCUT2D eigenvalue weighted by molar-refractivity contribution is 7.99. The van der Waals surface area contributed by atoms with Crippen molar-refractivity contribution >= 4 is 17.4 Å². The van der Waals surface area contributed by atoms with Crippen LogP contribution in [0.3, 0.4) is 0 Å². The molecular weight excluding hydrogens is 206 g/mol. The van der Waals surface area contributed by atoms with Gasteiger partial charge in [0.1, 0.15) is 5.75 Å². The number of nitrogens with one attached hydrogen (secondary N) is 1. The maximum atomic E-state index is 5.37. The van der Waals surface area contributed by atoms with Crippen LogP contribution >= 0.6 is 11.8 Å². The van der Waals surface area contributed by atoms with E-state index in [0.717, 1.165) is 11.4 Å². The van der Waals surface area contributed by atoms with Crippen LogP contribution in [0.15, 0.2) is 18.2 Å². The van der Waals surface area contributed by atoms with Gasteiger partial charge in [-0.1, -0.05) is 6.07 Å². The van der Waals surface area contributed by atoms with Crippen LogP contribution in [-0.2, 0) is 0 Å². The topological polar surface area (TPSA) is 21.3 Å². The molecule has 1 aliphatic heterocycles. The molecule has 2 rings (SSSR count). The lowest BCUT2D eigenvalue weighted by Gasteiger charge is -2.16. The van der Waals surface area contributed by atoms with Gasteiger partial charge >= 0.3 is 0 Å². The zero-order chi connectivity index (χ0) is 10.7. The maximum Gasteiger partial charge on any atom is 0.142 e. The number of benzene rings is 1. The van der Waals surface area contributed by atoms with Crippen LogP contribution in [0.1, 0.15) is 12.0 Å². The number of anilines is 1. The minimum Gasteiger partial charge on any atom is -0.495 e. The van der Waals surface area contributed by atoms with E-state index in [1.54, 1.807) is 7.11 Å². The third kappa shape index (κ3) is 2.59. The molecule has 0 spiro atoms. The molecule has 0 amide bonds. The van der Waals surface area contributed by atoms with Crippen LogP contribution in [0.2, 0.25) is 0 Å². The van der Waals surface area contributed by atoms with Crippen LogP contribution in [-0.4, -0.2) is 24.7 Å². The number of hydrogen-bond donors (Lipinski definition) is 1. The van der Waals surface area contributed by atoms with Gasteiger partial charge in [-0.15, -0.1) is 0 Å². The van der Waals surface area contributed by atoms with Crippen molar-refractivity contribution in [1.82, 2.24) is 0 Å². The molecule has 1 aliphatic rings. The third-order valence-corrected chi connectivity index (χ3v) is 3.81. The summed E-state index contributed by atoms with van der Waals surface area (Å²) >= 11 is 2.01. The average molecular weight is 223 g/mol. The SMILES string of the molecule is COc1cc(C)ccc1NC1CCSC1. The second kappa shape index (κ2) is 4.79. The predicted molar refractivity (Wildman–Crippen MR) is 67.1 cm³/mol. The molecule has 82 valence electrons. The lowest BCUT2D eigenvalue weighted by Crippen LogP contribution is -2.18. The minimum atomic E-state index is 0.603. The fourth-order valence-corrected chi connectivity index (χ4v) is 2.94. The second-order valence-corrected chi connectivity index (χ2v) is 5.06. The molecule has 1 aromatic carbocycles. The van der Waals surface area contributed by atoms with Gasteiger partial charge in [0.05, 0.1) is 12.8 Å². The normalized spacial score (nSPS) is 20.3. The number of rotatable bonds is 3. The fourth-order valence-electron chi connectivity index (χ4n) is 1.79. The van der Waals surface area contributed by atoms with Crippen molar-refractivity contribution in [3.05, 3.63) is 23.8 Å². The van der Waals surface area contributed by atoms with Crippen molar-refractivity contribution < 1.29 is 4.74 Å². The first-order valence-electron chi connectivity index (χ1n) is 5.28. The Morgan fingerprint density at radius 1 is 1.47 bits per heavy atom. The van der Waals surface area contributed by atoms with Gasteiger partial charge in [-0.25, -0.2) is 0 Å². The van der Waals surface area contributed by atoms with Crippen molar-refractivity contribution in [2.75, 3.05) is 23.9 Å². The summed E-state index contributed by atoms with van der Waals surface area (Å²) in [6, 6.07) is 6.90. The fraction of sp³-hybridized carbons (Fsp3) is 0.500. The van der Waals surface area contributed by atoms with Gasteiger partial charge < -0.3 is 10.1 Å². The smallest absolute Gasteiger partial charge is 0.142 e. The van der Waals surface area contributed by atoms with Gasteiger partial charge in [-0.2, -0.15) is 11.8 Å². The van der Waals surface area contributed by atoms with Crippen molar-refractivity contribution in [3.8, 4) is 5.75 Å². The summed E-state index contributed by atoms with van der Waals surface area (Å²) in [5, 5.41) is 3.54. The molecule has 1 fully saturated rings. The standard InChI is InChI=1S/C12H17NOS/c1-9-3-4-11(12(7-9)14-2)13-10-5-6-15-8-10/h3-4,7,10,13H,5-6,8H2,1-2H3. The van der Waals surface area contributed by atoms with Gasteiger partial charge in [0, 0.05) is 11.8 Å². The summed E-state index contributed by atoms with van der Waals surface area (Å²) < 4.78 is 5.37. The molecule has 1 unspecified atom stereocenters. The molecule has 0 saturated carbocycles. The van der Waals surface area contributed by atoms with Gasteiger partial charge in [0.25, 0.3) is 0 Å². The molecule has 3 heteroatoms. The van der Waals surface area contributed by atoms with E-state index in [-0.39, 0.29) is 0 Å². The van der Waals surface area contributed by atoms with E-state index in [4.69, 9.17) is 4.74 Å². The molecule has 1 saturated heterocycles. The molecule has 0 bridgehead atoms.